The van der Waals surface area contributed by atoms with Gasteiger partial charge < -0.3 is 5.32 Å². The molecule has 0 aliphatic rings. The fourth-order valence-corrected chi connectivity index (χ4v) is 3.37. The van der Waals surface area contributed by atoms with Gasteiger partial charge in [0, 0.05) is 15.8 Å². The van der Waals surface area contributed by atoms with Gasteiger partial charge in [0.25, 0.3) is 0 Å². The van der Waals surface area contributed by atoms with Crippen molar-refractivity contribution in [2.45, 2.75) is 33.4 Å². The molecule has 6 heteroatoms. The molecule has 3 nitrogen and oxygen atoms in total. The number of nitrogens with one attached hydrogen (secondary N) is 1. The average Bonchev–Trinajstić information content (AvgIpc) is 2.74. The van der Waals surface area contributed by atoms with Crippen LogP contribution < -0.4 is 5.32 Å². The number of hydrogen-bond acceptors (Lipinski definition) is 2. The van der Waals surface area contributed by atoms with E-state index in [0.717, 1.165) is 38.1 Å². The van der Waals surface area contributed by atoms with Gasteiger partial charge in [0.05, 0.1) is 22.4 Å². The van der Waals surface area contributed by atoms with Crippen molar-refractivity contribution in [2.75, 3.05) is 5.32 Å². The molecule has 0 radical (unpaired) electrons. The summed E-state index contributed by atoms with van der Waals surface area (Å²) in [4.78, 5) is 0. The van der Waals surface area contributed by atoms with Crippen molar-refractivity contribution < 1.29 is 4.39 Å². The zero-order valence-electron chi connectivity index (χ0n) is 11.4. The molecule has 0 saturated heterocycles. The van der Waals surface area contributed by atoms with Gasteiger partial charge in [0.15, 0.2) is 0 Å². The van der Waals surface area contributed by atoms with E-state index >= 15 is 0 Å². The monoisotopic (exact) mass is 451 g/mol. The van der Waals surface area contributed by atoms with Gasteiger partial charge in [-0.05, 0) is 70.1 Å². The molecule has 1 aromatic carbocycles. The van der Waals surface area contributed by atoms with Crippen molar-refractivity contribution in [3.05, 3.63) is 43.4 Å². The number of benzene rings is 1. The summed E-state index contributed by atoms with van der Waals surface area (Å²) < 4.78 is 17.0. The van der Waals surface area contributed by atoms with Crippen LogP contribution in [0.25, 0.3) is 0 Å². The van der Waals surface area contributed by atoms with Crippen molar-refractivity contribution in [1.82, 2.24) is 9.78 Å². The van der Waals surface area contributed by atoms with E-state index in [1.165, 1.54) is 12.1 Å². The summed E-state index contributed by atoms with van der Waals surface area (Å²) in [5.74, 6) is -0.215. The van der Waals surface area contributed by atoms with Crippen LogP contribution in [0.15, 0.2) is 22.7 Å². The van der Waals surface area contributed by atoms with Crippen LogP contribution in [0.5, 0.6) is 0 Å². The third kappa shape index (κ3) is 3.33. The topological polar surface area (TPSA) is 29.9 Å². The summed E-state index contributed by atoms with van der Waals surface area (Å²) in [6.07, 6.45) is 0.897. The van der Waals surface area contributed by atoms with E-state index in [9.17, 15) is 4.39 Å². The Balaban J connectivity index is 2.20. The molecule has 0 fully saturated rings. The second-order valence-corrected chi connectivity index (χ2v) is 6.31. The fourth-order valence-electron chi connectivity index (χ4n) is 2.00. The van der Waals surface area contributed by atoms with Gasteiger partial charge in [0.2, 0.25) is 0 Å². The van der Waals surface area contributed by atoms with Gasteiger partial charge >= 0.3 is 0 Å². The van der Waals surface area contributed by atoms with Crippen LogP contribution in [-0.4, -0.2) is 9.78 Å². The van der Waals surface area contributed by atoms with E-state index in [-0.39, 0.29) is 5.82 Å². The summed E-state index contributed by atoms with van der Waals surface area (Å²) in [6.45, 7) is 5.65. The summed E-state index contributed by atoms with van der Waals surface area (Å²) in [5.41, 5.74) is 3.11. The van der Waals surface area contributed by atoms with Crippen LogP contribution in [-0.2, 0) is 19.5 Å². The highest BCUT2D eigenvalue weighted by Gasteiger charge is 2.13. The molecule has 0 unspecified atom stereocenters. The normalized spacial score (nSPS) is 10.8. The van der Waals surface area contributed by atoms with Crippen molar-refractivity contribution in [3.8, 4) is 0 Å². The van der Waals surface area contributed by atoms with Crippen molar-refractivity contribution in [3.63, 3.8) is 0 Å². The smallest absolute Gasteiger partial charge is 0.124 e. The molecule has 20 heavy (non-hydrogen) atoms. The van der Waals surface area contributed by atoms with Gasteiger partial charge in [-0.3, -0.25) is 4.68 Å². The zero-order valence-corrected chi connectivity index (χ0v) is 15.1. The molecule has 0 aliphatic carbocycles. The second-order valence-electron chi connectivity index (χ2n) is 4.35. The Morgan fingerprint density at radius 3 is 2.75 bits per heavy atom. The molecule has 2 rings (SSSR count). The van der Waals surface area contributed by atoms with Gasteiger partial charge in [-0.25, -0.2) is 4.39 Å². The van der Waals surface area contributed by atoms with Crippen molar-refractivity contribution in [1.29, 1.82) is 0 Å². The average molecular weight is 452 g/mol. The Morgan fingerprint density at radius 1 is 1.40 bits per heavy atom. The molecule has 1 aromatic heterocycles. The lowest BCUT2D eigenvalue weighted by molar-refractivity contribution is 0.618. The zero-order chi connectivity index (χ0) is 14.7. The van der Waals surface area contributed by atoms with Crippen molar-refractivity contribution >= 4 is 44.2 Å². The maximum absolute atomic E-state index is 13.1. The Kier molecular flexibility index (Phi) is 5.42. The number of aromatic nitrogens is 2. The standard InChI is InChI=1S/C14H16BrFIN3/c1-3-11-14(15)13(20(4-2)19-11)8-18-12-6-5-9(16)7-10(12)17/h5-7,18H,3-4,8H2,1-2H3. The molecule has 0 spiro atoms. The van der Waals surface area contributed by atoms with Crippen LogP contribution >= 0.6 is 38.5 Å². The van der Waals surface area contributed by atoms with E-state index in [1.807, 2.05) is 4.68 Å². The Morgan fingerprint density at radius 2 is 2.15 bits per heavy atom. The highest BCUT2D eigenvalue weighted by atomic mass is 127. The molecule has 0 saturated carbocycles. The molecule has 2 aromatic rings. The van der Waals surface area contributed by atoms with Crippen LogP contribution in [0.2, 0.25) is 0 Å². The van der Waals surface area contributed by atoms with E-state index < -0.39 is 0 Å². The molecular formula is C14H16BrFIN3. The third-order valence-corrected chi connectivity index (χ3v) is 4.88. The van der Waals surface area contributed by atoms with Crippen LogP contribution in [0.1, 0.15) is 25.2 Å². The minimum Gasteiger partial charge on any atom is -0.379 e. The number of rotatable bonds is 5. The van der Waals surface area contributed by atoms with Crippen molar-refractivity contribution in [2.24, 2.45) is 0 Å². The molecule has 0 bridgehead atoms. The summed E-state index contributed by atoms with van der Waals surface area (Å²) in [5, 5.41) is 7.91. The van der Waals surface area contributed by atoms with E-state index in [4.69, 9.17) is 0 Å². The maximum atomic E-state index is 13.1. The first-order chi connectivity index (χ1) is 9.56. The second kappa shape index (κ2) is 6.89. The number of nitrogens with zero attached hydrogens (tertiary/aromatic N) is 2. The molecule has 108 valence electrons. The lowest BCUT2D eigenvalue weighted by atomic mass is 10.2. The predicted octanol–water partition coefficient (Wildman–Crippen LogP) is 4.58. The van der Waals surface area contributed by atoms with E-state index in [0.29, 0.717) is 6.54 Å². The number of hydrogen-bond donors (Lipinski definition) is 1. The molecule has 1 heterocycles. The highest BCUT2D eigenvalue weighted by Crippen LogP contribution is 2.25. The predicted molar refractivity (Wildman–Crippen MR) is 91.4 cm³/mol. The number of halogens is 3. The SMILES string of the molecule is CCc1nn(CC)c(CNc2ccc(F)cc2I)c1Br. The van der Waals surface area contributed by atoms with Gasteiger partial charge in [-0.1, -0.05) is 6.92 Å². The summed E-state index contributed by atoms with van der Waals surface area (Å²) in [6, 6.07) is 4.75. The fraction of sp³-hybridized carbons (Fsp3) is 0.357. The molecular weight excluding hydrogens is 436 g/mol. The first-order valence-electron chi connectivity index (χ1n) is 6.49. The van der Waals surface area contributed by atoms with E-state index in [1.54, 1.807) is 6.07 Å². The Hall–Kier alpha value is -0.630. The third-order valence-electron chi connectivity index (χ3n) is 3.07. The maximum Gasteiger partial charge on any atom is 0.124 e. The minimum atomic E-state index is -0.215. The van der Waals surface area contributed by atoms with Gasteiger partial charge in [0.1, 0.15) is 5.82 Å². The quantitative estimate of drug-likeness (QED) is 0.674. The molecule has 1 N–H and O–H groups in total. The molecule has 0 amide bonds. The number of anilines is 1. The highest BCUT2D eigenvalue weighted by molar-refractivity contribution is 14.1. The van der Waals surface area contributed by atoms with Crippen LogP contribution in [0.3, 0.4) is 0 Å². The Labute approximate surface area is 140 Å². The molecule has 0 aliphatic heterocycles. The Bertz CT molecular complexity index is 613. The lowest BCUT2D eigenvalue weighted by Crippen LogP contribution is -2.09. The first kappa shape index (κ1) is 15.8. The summed E-state index contributed by atoms with van der Waals surface area (Å²) in [7, 11) is 0. The van der Waals surface area contributed by atoms with Crippen LogP contribution in [0, 0.1) is 9.39 Å². The van der Waals surface area contributed by atoms with Crippen LogP contribution in [0.4, 0.5) is 10.1 Å². The first-order valence-corrected chi connectivity index (χ1v) is 8.37. The van der Waals surface area contributed by atoms with Gasteiger partial charge in [-0.2, -0.15) is 5.10 Å². The van der Waals surface area contributed by atoms with E-state index in [2.05, 4.69) is 62.8 Å². The molecule has 0 atom stereocenters. The summed E-state index contributed by atoms with van der Waals surface area (Å²) >= 11 is 5.75. The van der Waals surface area contributed by atoms with Gasteiger partial charge in [-0.15, -0.1) is 0 Å². The lowest BCUT2D eigenvalue weighted by Gasteiger charge is -2.10. The number of aryl methyl sites for hydroxylation is 2. The largest absolute Gasteiger partial charge is 0.379 e. The minimum absolute atomic E-state index is 0.215.